The monoisotopic (exact) mass is 434 g/mol. The molecule has 2 aromatic heterocycles. The minimum atomic E-state index is -0.172. The molecular weight excluding hydrogens is 412 g/mol. The summed E-state index contributed by atoms with van der Waals surface area (Å²) in [5.41, 5.74) is 2.32. The van der Waals surface area contributed by atoms with Crippen LogP contribution < -0.4 is 15.4 Å². The third kappa shape index (κ3) is 5.10. The molecule has 2 heterocycles. The first kappa shape index (κ1) is 20.6. The molecule has 0 aliphatic carbocycles. The molecule has 0 atom stereocenters. The summed E-state index contributed by atoms with van der Waals surface area (Å²) >= 11 is 1.54. The van der Waals surface area contributed by atoms with E-state index in [0.29, 0.717) is 17.4 Å². The van der Waals surface area contributed by atoms with E-state index in [2.05, 4.69) is 15.6 Å². The molecule has 3 N–H and O–H groups in total. The summed E-state index contributed by atoms with van der Waals surface area (Å²) in [6.07, 6.45) is 0. The predicted octanol–water partition coefficient (Wildman–Crippen LogP) is 4.71. The Morgan fingerprint density at radius 1 is 1.13 bits per heavy atom. The second-order valence-corrected chi connectivity index (χ2v) is 8.16. The van der Waals surface area contributed by atoms with Gasteiger partial charge in [-0.15, -0.1) is 11.3 Å². The van der Waals surface area contributed by atoms with Gasteiger partial charge < -0.3 is 20.5 Å². The van der Waals surface area contributed by atoms with E-state index in [1.54, 1.807) is 35.6 Å². The molecule has 4 aromatic rings. The number of carbonyl (C=O) groups excluding carboxylic acids is 1. The molecule has 0 saturated carbocycles. The molecule has 31 heavy (non-hydrogen) atoms. The van der Waals surface area contributed by atoms with E-state index in [1.165, 1.54) is 0 Å². The number of nitrogens with zero attached hydrogens (tertiary/aromatic N) is 2. The lowest BCUT2D eigenvalue weighted by molar-refractivity contribution is -0.123. The quantitative estimate of drug-likeness (QED) is 0.390. The summed E-state index contributed by atoms with van der Waals surface area (Å²) in [6.45, 7) is 3.74. The van der Waals surface area contributed by atoms with Gasteiger partial charge in [0.1, 0.15) is 11.5 Å². The molecule has 0 bridgehead atoms. The van der Waals surface area contributed by atoms with Gasteiger partial charge in [0.05, 0.1) is 10.2 Å². The van der Waals surface area contributed by atoms with E-state index >= 15 is 0 Å². The Morgan fingerprint density at radius 2 is 1.97 bits per heavy atom. The SMILES string of the molecule is CC(C)NC(=O)COc1cccc(-c2nc(Nc3cccc(O)c3)c3sccc3n2)c1. The highest BCUT2D eigenvalue weighted by atomic mass is 32.1. The number of anilines is 2. The number of phenolic OH excluding ortho intramolecular Hbond substituents is 1. The Morgan fingerprint density at radius 3 is 2.77 bits per heavy atom. The molecule has 0 spiro atoms. The molecule has 0 radical (unpaired) electrons. The van der Waals surface area contributed by atoms with Crippen molar-refractivity contribution in [2.24, 2.45) is 0 Å². The molecule has 0 aliphatic rings. The van der Waals surface area contributed by atoms with Gasteiger partial charge in [0.2, 0.25) is 0 Å². The fourth-order valence-corrected chi connectivity index (χ4v) is 3.81. The third-order valence-electron chi connectivity index (χ3n) is 4.32. The fraction of sp³-hybridized carbons (Fsp3) is 0.174. The number of benzene rings is 2. The van der Waals surface area contributed by atoms with E-state index in [9.17, 15) is 9.90 Å². The number of aromatic nitrogens is 2. The number of hydrogen-bond acceptors (Lipinski definition) is 7. The number of phenols is 1. The number of amides is 1. The number of carbonyl (C=O) groups is 1. The fourth-order valence-electron chi connectivity index (χ4n) is 3.04. The van der Waals surface area contributed by atoms with Gasteiger partial charge in [0.25, 0.3) is 5.91 Å². The van der Waals surface area contributed by atoms with Gasteiger partial charge in [-0.25, -0.2) is 9.97 Å². The highest BCUT2D eigenvalue weighted by Crippen LogP contribution is 2.32. The van der Waals surface area contributed by atoms with Crippen molar-refractivity contribution in [3.05, 3.63) is 60.0 Å². The van der Waals surface area contributed by atoms with Crippen molar-refractivity contribution in [1.82, 2.24) is 15.3 Å². The number of hydrogen-bond donors (Lipinski definition) is 3. The minimum absolute atomic E-state index is 0.0592. The standard InChI is InChI=1S/C23H22N4O3S/c1-14(2)24-20(29)13-30-18-8-3-5-15(11-18)22-26-19-9-10-31-21(19)23(27-22)25-16-6-4-7-17(28)12-16/h3-12,14,28H,13H2,1-2H3,(H,24,29)(H,25,26,27). The average molecular weight is 435 g/mol. The summed E-state index contributed by atoms with van der Waals surface area (Å²) in [5.74, 6) is 1.75. The van der Waals surface area contributed by atoms with Gasteiger partial charge in [0, 0.05) is 23.4 Å². The molecule has 7 nitrogen and oxygen atoms in total. The van der Waals surface area contributed by atoms with Crippen LogP contribution in [0.15, 0.2) is 60.0 Å². The van der Waals surface area contributed by atoms with Crippen LogP contribution in [-0.4, -0.2) is 33.6 Å². The van der Waals surface area contributed by atoms with Crippen molar-refractivity contribution in [3.8, 4) is 22.9 Å². The van der Waals surface area contributed by atoms with Gasteiger partial charge >= 0.3 is 0 Å². The lowest BCUT2D eigenvalue weighted by atomic mass is 10.2. The van der Waals surface area contributed by atoms with E-state index < -0.39 is 0 Å². The normalized spacial score (nSPS) is 10.9. The molecule has 8 heteroatoms. The Hall–Kier alpha value is -3.65. The van der Waals surface area contributed by atoms with E-state index in [1.807, 2.05) is 49.6 Å². The van der Waals surface area contributed by atoms with Crippen molar-refractivity contribution in [2.75, 3.05) is 11.9 Å². The highest BCUT2D eigenvalue weighted by Gasteiger charge is 2.12. The Bertz CT molecular complexity index is 1220. The maximum absolute atomic E-state index is 11.9. The second-order valence-electron chi connectivity index (χ2n) is 7.24. The van der Waals surface area contributed by atoms with Crippen LogP contribution in [0.2, 0.25) is 0 Å². The van der Waals surface area contributed by atoms with Crippen LogP contribution in [0, 0.1) is 0 Å². The number of fused-ring (bicyclic) bond motifs is 1. The largest absolute Gasteiger partial charge is 0.508 e. The highest BCUT2D eigenvalue weighted by molar-refractivity contribution is 7.17. The molecule has 0 fully saturated rings. The number of aromatic hydroxyl groups is 1. The van der Waals surface area contributed by atoms with E-state index in [-0.39, 0.29) is 24.3 Å². The van der Waals surface area contributed by atoms with Gasteiger partial charge in [-0.05, 0) is 49.6 Å². The van der Waals surface area contributed by atoms with Crippen LogP contribution in [0.5, 0.6) is 11.5 Å². The summed E-state index contributed by atoms with van der Waals surface area (Å²) in [4.78, 5) is 21.2. The average Bonchev–Trinajstić information content (AvgIpc) is 3.21. The zero-order valence-corrected chi connectivity index (χ0v) is 17.9. The molecule has 4 rings (SSSR count). The zero-order valence-electron chi connectivity index (χ0n) is 17.1. The molecule has 0 aliphatic heterocycles. The first-order chi connectivity index (χ1) is 15.0. The molecule has 0 saturated heterocycles. The lowest BCUT2D eigenvalue weighted by Gasteiger charge is -2.11. The van der Waals surface area contributed by atoms with Crippen LogP contribution in [0.25, 0.3) is 21.6 Å². The smallest absolute Gasteiger partial charge is 0.258 e. The summed E-state index contributed by atoms with van der Waals surface area (Å²) in [6, 6.07) is 16.2. The Labute approximate surface area is 183 Å². The van der Waals surface area contributed by atoms with E-state index in [4.69, 9.17) is 9.72 Å². The van der Waals surface area contributed by atoms with Crippen LogP contribution in [0.4, 0.5) is 11.5 Å². The molecule has 158 valence electrons. The van der Waals surface area contributed by atoms with Crippen LogP contribution >= 0.6 is 11.3 Å². The summed E-state index contributed by atoms with van der Waals surface area (Å²) in [7, 11) is 0. The Kier molecular flexibility index (Phi) is 5.99. The maximum atomic E-state index is 11.9. The summed E-state index contributed by atoms with van der Waals surface area (Å²) < 4.78 is 6.55. The van der Waals surface area contributed by atoms with E-state index in [0.717, 1.165) is 21.5 Å². The summed E-state index contributed by atoms with van der Waals surface area (Å²) in [5, 5.41) is 17.8. The Balaban J connectivity index is 1.62. The number of nitrogens with one attached hydrogen (secondary N) is 2. The number of thiophene rings is 1. The molecular formula is C23H22N4O3S. The van der Waals surface area contributed by atoms with Crippen molar-refractivity contribution in [1.29, 1.82) is 0 Å². The lowest BCUT2D eigenvalue weighted by Crippen LogP contribution is -2.34. The first-order valence-electron chi connectivity index (χ1n) is 9.82. The van der Waals surface area contributed by atoms with Crippen molar-refractivity contribution in [2.45, 2.75) is 19.9 Å². The van der Waals surface area contributed by atoms with Crippen LogP contribution in [-0.2, 0) is 4.79 Å². The second kappa shape index (κ2) is 9.01. The minimum Gasteiger partial charge on any atom is -0.508 e. The molecule has 1 amide bonds. The number of rotatable bonds is 7. The van der Waals surface area contributed by atoms with Gasteiger partial charge in [0.15, 0.2) is 18.2 Å². The first-order valence-corrected chi connectivity index (χ1v) is 10.7. The van der Waals surface area contributed by atoms with Crippen molar-refractivity contribution in [3.63, 3.8) is 0 Å². The zero-order chi connectivity index (χ0) is 21.8. The molecule has 2 aromatic carbocycles. The van der Waals surface area contributed by atoms with Gasteiger partial charge in [-0.1, -0.05) is 18.2 Å². The number of ether oxygens (including phenoxy) is 1. The topological polar surface area (TPSA) is 96.4 Å². The molecule has 0 unspecified atom stereocenters. The van der Waals surface area contributed by atoms with Crippen molar-refractivity contribution < 1.29 is 14.6 Å². The third-order valence-corrected chi connectivity index (χ3v) is 5.23. The van der Waals surface area contributed by atoms with Crippen LogP contribution in [0.3, 0.4) is 0 Å². The van der Waals surface area contributed by atoms with Crippen LogP contribution in [0.1, 0.15) is 13.8 Å². The van der Waals surface area contributed by atoms with Crippen molar-refractivity contribution >= 4 is 39.0 Å². The van der Waals surface area contributed by atoms with Gasteiger partial charge in [-0.3, -0.25) is 4.79 Å². The maximum Gasteiger partial charge on any atom is 0.258 e. The predicted molar refractivity (Wildman–Crippen MR) is 123 cm³/mol. The van der Waals surface area contributed by atoms with Gasteiger partial charge in [-0.2, -0.15) is 0 Å².